The van der Waals surface area contributed by atoms with E-state index >= 15 is 0 Å². The molecule has 6 nitrogen and oxygen atoms in total. The van der Waals surface area contributed by atoms with Crippen LogP contribution in [0.25, 0.3) is 11.3 Å². The van der Waals surface area contributed by atoms with Crippen molar-refractivity contribution in [3.63, 3.8) is 0 Å². The molecule has 2 heterocycles. The summed E-state index contributed by atoms with van der Waals surface area (Å²) in [6, 6.07) is 11.5. The van der Waals surface area contributed by atoms with Crippen molar-refractivity contribution in [3.05, 3.63) is 36.4 Å². The third-order valence-electron chi connectivity index (χ3n) is 5.29. The summed E-state index contributed by atoms with van der Waals surface area (Å²) in [5.74, 6) is 1.09. The summed E-state index contributed by atoms with van der Waals surface area (Å²) in [4.78, 5) is 5.10. The summed E-state index contributed by atoms with van der Waals surface area (Å²) in [7, 11) is -3.20. The van der Waals surface area contributed by atoms with E-state index in [0.29, 0.717) is 17.4 Å². The molecule has 0 saturated carbocycles. The Morgan fingerprint density at radius 1 is 0.964 bits per heavy atom. The Labute approximate surface area is 168 Å². The minimum absolute atomic E-state index is 0.196. The lowest BCUT2D eigenvalue weighted by Crippen LogP contribution is -2.49. The van der Waals surface area contributed by atoms with E-state index in [1.807, 2.05) is 31.2 Å². The van der Waals surface area contributed by atoms with Crippen LogP contribution < -0.4 is 4.90 Å². The highest BCUT2D eigenvalue weighted by Gasteiger charge is 2.20. The molecular weight excluding hydrogens is 372 g/mol. The van der Waals surface area contributed by atoms with Gasteiger partial charge in [-0.05, 0) is 44.5 Å². The Kier molecular flexibility index (Phi) is 6.67. The lowest BCUT2D eigenvalue weighted by molar-refractivity contribution is 0.209. The lowest BCUT2D eigenvalue weighted by Gasteiger charge is -2.37. The molecule has 0 aliphatic carbocycles. The van der Waals surface area contributed by atoms with Gasteiger partial charge in [0.2, 0.25) is 0 Å². The Morgan fingerprint density at radius 3 is 2.18 bits per heavy atom. The molecule has 0 N–H and O–H groups in total. The number of hydrogen-bond donors (Lipinski definition) is 0. The molecule has 1 saturated heterocycles. The van der Waals surface area contributed by atoms with E-state index in [0.717, 1.165) is 49.7 Å². The second-order valence-corrected chi connectivity index (χ2v) is 9.70. The fourth-order valence-electron chi connectivity index (χ4n) is 3.40. The van der Waals surface area contributed by atoms with Crippen LogP contribution >= 0.6 is 0 Å². The highest BCUT2D eigenvalue weighted by molar-refractivity contribution is 7.91. The van der Waals surface area contributed by atoms with Crippen LogP contribution in [0.3, 0.4) is 0 Å². The number of aromatic nitrogens is 2. The molecule has 1 aromatic carbocycles. The third-order valence-corrected chi connectivity index (χ3v) is 7.11. The molecule has 0 spiro atoms. The molecule has 1 aliphatic heterocycles. The second-order valence-electron chi connectivity index (χ2n) is 7.59. The molecular formula is C21H30N4O2S. The second kappa shape index (κ2) is 9.01. The molecule has 3 rings (SSSR count). The normalized spacial score (nSPS) is 15.9. The van der Waals surface area contributed by atoms with E-state index in [2.05, 4.69) is 33.8 Å². The molecule has 0 amide bonds. The maximum Gasteiger partial charge on any atom is 0.178 e. The fourth-order valence-corrected chi connectivity index (χ4v) is 4.86. The van der Waals surface area contributed by atoms with Gasteiger partial charge in [0.05, 0.1) is 16.3 Å². The molecule has 0 radical (unpaired) electrons. The Bertz CT molecular complexity index is 856. The Hall–Kier alpha value is -1.99. The summed E-state index contributed by atoms with van der Waals surface area (Å²) in [6.07, 6.45) is 1.55. The van der Waals surface area contributed by atoms with Crippen LogP contribution in [0.4, 0.5) is 5.82 Å². The Morgan fingerprint density at radius 2 is 1.64 bits per heavy atom. The maximum absolute atomic E-state index is 12.3. The molecule has 28 heavy (non-hydrogen) atoms. The number of unbranched alkanes of at least 4 members (excludes halogenated alkanes) is 1. The number of piperazine rings is 1. The third kappa shape index (κ3) is 4.89. The van der Waals surface area contributed by atoms with E-state index in [-0.39, 0.29) is 5.75 Å². The number of anilines is 1. The first-order chi connectivity index (χ1) is 13.4. The summed E-state index contributed by atoms with van der Waals surface area (Å²) in [6.45, 7) is 10.4. The SMILES string of the molecule is CCCCS(=O)(=O)c1ccc(-c2ccc(N3CCN(C(C)C)CC3)nn2)cc1. The van der Waals surface area contributed by atoms with Crippen LogP contribution in [0, 0.1) is 0 Å². The van der Waals surface area contributed by atoms with Crippen LogP contribution in [0.5, 0.6) is 0 Å². The zero-order valence-electron chi connectivity index (χ0n) is 17.0. The van der Waals surface area contributed by atoms with Gasteiger partial charge < -0.3 is 4.90 Å². The number of rotatable bonds is 7. The molecule has 1 fully saturated rings. The molecule has 0 bridgehead atoms. The molecule has 152 valence electrons. The number of benzene rings is 1. The molecule has 1 aromatic heterocycles. The maximum atomic E-state index is 12.3. The van der Waals surface area contributed by atoms with E-state index in [9.17, 15) is 8.42 Å². The van der Waals surface area contributed by atoms with E-state index in [4.69, 9.17) is 0 Å². The zero-order chi connectivity index (χ0) is 20.1. The molecule has 2 aromatic rings. The van der Waals surface area contributed by atoms with E-state index in [1.54, 1.807) is 12.1 Å². The van der Waals surface area contributed by atoms with Gasteiger partial charge >= 0.3 is 0 Å². The van der Waals surface area contributed by atoms with E-state index < -0.39 is 9.84 Å². The summed E-state index contributed by atoms with van der Waals surface area (Å²) in [5.41, 5.74) is 1.63. The molecule has 0 unspecified atom stereocenters. The monoisotopic (exact) mass is 402 g/mol. The Balaban J connectivity index is 1.67. The number of sulfone groups is 1. The van der Waals surface area contributed by atoms with Gasteiger partial charge in [0.25, 0.3) is 0 Å². The predicted octanol–water partition coefficient (Wildman–Crippen LogP) is 3.25. The average Bonchev–Trinajstić information content (AvgIpc) is 2.72. The summed E-state index contributed by atoms with van der Waals surface area (Å²) in [5, 5.41) is 8.76. The van der Waals surface area contributed by atoms with Crippen molar-refractivity contribution >= 4 is 15.7 Å². The van der Waals surface area contributed by atoms with Gasteiger partial charge in [0.1, 0.15) is 0 Å². The van der Waals surface area contributed by atoms with Crippen molar-refractivity contribution in [1.82, 2.24) is 15.1 Å². The average molecular weight is 403 g/mol. The first-order valence-electron chi connectivity index (χ1n) is 10.1. The van der Waals surface area contributed by atoms with Crippen molar-refractivity contribution in [1.29, 1.82) is 0 Å². The van der Waals surface area contributed by atoms with Gasteiger partial charge in [0.15, 0.2) is 15.7 Å². The minimum atomic E-state index is -3.20. The van der Waals surface area contributed by atoms with Crippen molar-refractivity contribution < 1.29 is 8.42 Å². The standard InChI is InChI=1S/C21H30N4O2S/c1-4-5-16-28(26,27)19-8-6-18(7-9-19)20-10-11-21(23-22-20)25-14-12-24(13-15-25)17(2)3/h6-11,17H,4-5,12-16H2,1-3H3. The highest BCUT2D eigenvalue weighted by Crippen LogP contribution is 2.22. The van der Waals surface area contributed by atoms with Crippen LogP contribution in [0.15, 0.2) is 41.3 Å². The topological polar surface area (TPSA) is 66.4 Å². The summed E-state index contributed by atoms with van der Waals surface area (Å²) < 4.78 is 24.6. The zero-order valence-corrected chi connectivity index (χ0v) is 17.8. The first kappa shape index (κ1) is 20.7. The molecule has 0 atom stereocenters. The van der Waals surface area contributed by atoms with Gasteiger partial charge in [-0.1, -0.05) is 25.5 Å². The largest absolute Gasteiger partial charge is 0.353 e. The molecule has 1 aliphatic rings. The van der Waals surface area contributed by atoms with Gasteiger partial charge in [-0.25, -0.2) is 8.42 Å². The van der Waals surface area contributed by atoms with Crippen LogP contribution in [0.1, 0.15) is 33.6 Å². The smallest absolute Gasteiger partial charge is 0.178 e. The van der Waals surface area contributed by atoms with Gasteiger partial charge in [0, 0.05) is 37.8 Å². The molecule has 7 heteroatoms. The van der Waals surface area contributed by atoms with Crippen molar-refractivity contribution in [2.45, 2.75) is 44.6 Å². The van der Waals surface area contributed by atoms with Crippen LogP contribution in [-0.4, -0.2) is 61.5 Å². The minimum Gasteiger partial charge on any atom is -0.353 e. The highest BCUT2D eigenvalue weighted by atomic mass is 32.2. The van der Waals surface area contributed by atoms with Crippen LogP contribution in [0.2, 0.25) is 0 Å². The van der Waals surface area contributed by atoms with E-state index in [1.165, 1.54) is 0 Å². The number of nitrogens with zero attached hydrogens (tertiary/aromatic N) is 4. The lowest BCUT2D eigenvalue weighted by atomic mass is 10.1. The van der Waals surface area contributed by atoms with Gasteiger partial charge in [-0.3, -0.25) is 4.90 Å². The first-order valence-corrected chi connectivity index (χ1v) is 11.7. The fraction of sp³-hybridized carbons (Fsp3) is 0.524. The van der Waals surface area contributed by atoms with Gasteiger partial charge in [-0.15, -0.1) is 10.2 Å². The van der Waals surface area contributed by atoms with Crippen molar-refractivity contribution in [3.8, 4) is 11.3 Å². The predicted molar refractivity (Wildman–Crippen MR) is 113 cm³/mol. The van der Waals surface area contributed by atoms with Crippen LogP contribution in [-0.2, 0) is 9.84 Å². The summed E-state index contributed by atoms with van der Waals surface area (Å²) >= 11 is 0. The van der Waals surface area contributed by atoms with Crippen molar-refractivity contribution in [2.24, 2.45) is 0 Å². The number of hydrogen-bond acceptors (Lipinski definition) is 6. The van der Waals surface area contributed by atoms with Crippen molar-refractivity contribution in [2.75, 3.05) is 36.8 Å². The van der Waals surface area contributed by atoms with Gasteiger partial charge in [-0.2, -0.15) is 0 Å². The quantitative estimate of drug-likeness (QED) is 0.708.